The van der Waals surface area contributed by atoms with Crippen LogP contribution in [0.1, 0.15) is 22.3 Å². The van der Waals surface area contributed by atoms with Gasteiger partial charge in [-0.1, -0.05) is 302 Å². The summed E-state index contributed by atoms with van der Waals surface area (Å²) < 4.78 is 20.8. The Morgan fingerprint density at radius 2 is 0.395 bits per heavy atom. The molecule has 8 heteroatoms. The van der Waals surface area contributed by atoms with E-state index in [4.69, 9.17) is 0 Å². The van der Waals surface area contributed by atoms with Crippen molar-refractivity contribution in [2.24, 2.45) is 0 Å². The first-order chi connectivity index (χ1) is 61.2. The number of aryl methyl sites for hydroxylation is 4. The van der Waals surface area contributed by atoms with E-state index >= 15 is 0 Å². The number of hydrogen-bond donors (Lipinski definition) is 0. The zero-order chi connectivity index (χ0) is 82.1. The summed E-state index contributed by atoms with van der Waals surface area (Å²) in [6, 6.07) is 142. The van der Waals surface area contributed by atoms with Crippen LogP contribution in [0.25, 0.3) is 234 Å². The summed E-state index contributed by atoms with van der Waals surface area (Å²) in [5, 5.41) is 32.3. The van der Waals surface area contributed by atoms with Crippen molar-refractivity contribution < 1.29 is 0 Å². The molecular weight excluding hydrogens is 1580 g/mol. The van der Waals surface area contributed by atoms with Crippen LogP contribution in [0.2, 0.25) is 0 Å². The minimum absolute atomic E-state index is 1.21. The minimum Gasteiger partial charge on any atom is -0.309 e. The minimum atomic E-state index is 1.21. The summed E-state index contributed by atoms with van der Waals surface area (Å²) >= 11 is 7.66. The SMILES string of the molecule is Cc1ccc(-n2c3ccccc3c3c4c5ccccc5sc4c4ccccc4c32)cc1.Cc1ccc(-n2c3ccccc3c3c4sc5ccccc5c4c4ccccc4c32)cc1.Cc1cccc(-n2c3ccccc3c3c4c5ccccc5sc4c4ccccc4c32)c1.Cc1cccc(-n2c3ccccc3c3c4sc5ccccc5c4c4ccccc4c32)c1. The molecule has 4 nitrogen and oxygen atoms in total. The molecule has 0 saturated heterocycles. The fourth-order valence-corrected chi connectivity index (χ4v) is 25.5. The van der Waals surface area contributed by atoms with Crippen molar-refractivity contribution in [3.63, 3.8) is 0 Å². The Hall–Kier alpha value is -14.5. The van der Waals surface area contributed by atoms with Crippen LogP contribution in [0, 0.1) is 27.7 Å². The highest BCUT2D eigenvalue weighted by molar-refractivity contribution is 7.28. The lowest BCUT2D eigenvalue weighted by atomic mass is 10.00. The Kier molecular flexibility index (Phi) is 16.7. The van der Waals surface area contributed by atoms with Crippen molar-refractivity contribution >= 4 is 256 Å². The highest BCUT2D eigenvalue weighted by Crippen LogP contribution is 2.54. The first-order valence-corrected chi connectivity index (χ1v) is 45.8. The first kappa shape index (κ1) is 72.3. The van der Waals surface area contributed by atoms with Crippen LogP contribution in [0.5, 0.6) is 0 Å². The molecule has 124 heavy (non-hydrogen) atoms. The summed E-state index contributed by atoms with van der Waals surface area (Å²) in [6.07, 6.45) is 0. The second-order valence-corrected chi connectivity index (χ2v) is 37.3. The summed E-state index contributed by atoms with van der Waals surface area (Å²) in [5.41, 5.74) is 20.2. The van der Waals surface area contributed by atoms with Crippen molar-refractivity contribution in [1.82, 2.24) is 18.3 Å². The fraction of sp³-hybridized carbons (Fsp3) is 0.0345. The molecule has 0 radical (unpaired) electrons. The zero-order valence-corrected chi connectivity index (χ0v) is 71.6. The summed E-state index contributed by atoms with van der Waals surface area (Å²) in [4.78, 5) is 0. The Morgan fingerprint density at radius 3 is 0.726 bits per heavy atom. The van der Waals surface area contributed by atoms with Gasteiger partial charge in [0, 0.05) is 179 Å². The molecule has 0 unspecified atom stereocenters. The molecule has 0 aliphatic heterocycles. The molecule has 28 rings (SSSR count). The number of rotatable bonds is 4. The summed E-state index contributed by atoms with van der Waals surface area (Å²) in [6.45, 7) is 8.62. The quantitative estimate of drug-likeness (QED) is 0.167. The van der Waals surface area contributed by atoms with E-state index in [0.717, 1.165) is 0 Å². The van der Waals surface area contributed by atoms with E-state index in [1.165, 1.54) is 256 Å². The average Bonchev–Trinajstić information content (AvgIpc) is 1.55. The summed E-state index contributed by atoms with van der Waals surface area (Å²) in [7, 11) is 0. The standard InChI is InChI=1S/4C29H19NS/c1-18-9-8-10-19(17-18)30-24-15-6-4-13-22(24)26-27-23-14-5-7-16-25(23)31-29(27)21-12-3-2-11-20(21)28(26)30;1-18-9-8-10-19(17-18)30-24-15-6-4-13-22(24)27-28(30)21-12-3-2-11-20(21)26-23-14-5-7-16-25(23)31-29(26)27;1-18-14-16-19(17-15-18)30-24-12-6-4-10-22(24)26-27-23-11-5-7-13-25(23)31-29(27)21-9-3-2-8-20(21)28(26)30;1-18-14-16-19(17-15-18)30-24-12-6-4-10-22(24)27-28(30)21-9-3-2-8-20(21)26-23-11-5-7-13-25(23)31-29(26)27/h4*2-17H,1H3. The Labute approximate surface area is 729 Å². The predicted octanol–water partition coefficient (Wildman–Crippen LogP) is 34.5. The molecule has 28 aromatic rings. The van der Waals surface area contributed by atoms with Gasteiger partial charge in [0.15, 0.2) is 0 Å². The number of nitrogens with zero attached hydrogens (tertiary/aromatic N) is 4. The maximum Gasteiger partial charge on any atom is 0.0634 e. The van der Waals surface area contributed by atoms with Gasteiger partial charge in [0.1, 0.15) is 0 Å². The van der Waals surface area contributed by atoms with Crippen molar-refractivity contribution in [3.05, 3.63) is 411 Å². The van der Waals surface area contributed by atoms with Crippen LogP contribution in [0.4, 0.5) is 0 Å². The lowest BCUT2D eigenvalue weighted by Gasteiger charge is -2.11. The normalized spacial score (nSPS) is 12.0. The van der Waals surface area contributed by atoms with E-state index in [9.17, 15) is 0 Å². The highest BCUT2D eigenvalue weighted by atomic mass is 32.1. The van der Waals surface area contributed by atoms with Crippen molar-refractivity contribution in [1.29, 1.82) is 0 Å². The van der Waals surface area contributed by atoms with E-state index < -0.39 is 0 Å². The fourth-order valence-electron chi connectivity index (χ4n) is 20.5. The zero-order valence-electron chi connectivity index (χ0n) is 68.4. The van der Waals surface area contributed by atoms with E-state index in [1.807, 2.05) is 45.3 Å². The van der Waals surface area contributed by atoms with E-state index in [2.05, 4.69) is 434 Å². The third-order valence-corrected chi connectivity index (χ3v) is 30.5. The number of para-hydroxylation sites is 4. The lowest BCUT2D eigenvalue weighted by Crippen LogP contribution is -1.95. The molecule has 0 aliphatic carbocycles. The van der Waals surface area contributed by atoms with Gasteiger partial charge in [-0.15, -0.1) is 45.3 Å². The van der Waals surface area contributed by atoms with E-state index in [1.54, 1.807) is 0 Å². The van der Waals surface area contributed by atoms with Gasteiger partial charge in [0.2, 0.25) is 0 Å². The van der Waals surface area contributed by atoms with Crippen LogP contribution in [-0.4, -0.2) is 18.3 Å². The molecule has 0 N–H and O–H groups in total. The van der Waals surface area contributed by atoms with Crippen molar-refractivity contribution in [2.45, 2.75) is 27.7 Å². The van der Waals surface area contributed by atoms with Crippen LogP contribution >= 0.6 is 45.3 Å². The first-order valence-electron chi connectivity index (χ1n) is 42.5. The van der Waals surface area contributed by atoms with Gasteiger partial charge in [0.25, 0.3) is 0 Å². The van der Waals surface area contributed by atoms with Crippen molar-refractivity contribution in [2.75, 3.05) is 0 Å². The average molecular weight is 1650 g/mol. The largest absolute Gasteiger partial charge is 0.309 e. The number of hydrogen-bond acceptors (Lipinski definition) is 4. The molecule has 0 saturated carbocycles. The van der Waals surface area contributed by atoms with Crippen LogP contribution in [-0.2, 0) is 0 Å². The summed E-state index contributed by atoms with van der Waals surface area (Å²) in [5.74, 6) is 0. The smallest absolute Gasteiger partial charge is 0.0634 e. The van der Waals surface area contributed by atoms with Crippen LogP contribution in [0.3, 0.4) is 0 Å². The Bertz CT molecular complexity index is 9300. The third-order valence-electron chi connectivity index (χ3n) is 25.7. The predicted molar refractivity (Wildman–Crippen MR) is 544 cm³/mol. The van der Waals surface area contributed by atoms with Gasteiger partial charge in [-0.3, -0.25) is 0 Å². The number of fused-ring (bicyclic) bond motifs is 40. The van der Waals surface area contributed by atoms with Crippen LogP contribution in [0.15, 0.2) is 388 Å². The van der Waals surface area contributed by atoms with Gasteiger partial charge >= 0.3 is 0 Å². The van der Waals surface area contributed by atoms with Gasteiger partial charge in [0.05, 0.1) is 44.1 Å². The van der Waals surface area contributed by atoms with Gasteiger partial charge in [-0.05, 0) is 147 Å². The van der Waals surface area contributed by atoms with E-state index in [0.29, 0.717) is 0 Å². The second kappa shape index (κ2) is 28.6. The van der Waals surface area contributed by atoms with Gasteiger partial charge in [-0.25, -0.2) is 0 Å². The number of thiophene rings is 4. The number of aromatic nitrogens is 4. The Morgan fingerprint density at radius 1 is 0.153 bits per heavy atom. The monoisotopic (exact) mass is 1650 g/mol. The molecule has 8 aromatic heterocycles. The molecule has 0 bridgehead atoms. The third kappa shape index (κ3) is 11.0. The molecule has 0 aliphatic rings. The topological polar surface area (TPSA) is 19.7 Å². The van der Waals surface area contributed by atoms with E-state index in [-0.39, 0.29) is 0 Å². The maximum atomic E-state index is 2.46. The molecular formula is C116H76N4S4. The number of benzene rings is 20. The molecule has 0 amide bonds. The molecule has 0 fully saturated rings. The highest BCUT2D eigenvalue weighted by Gasteiger charge is 2.28. The molecule has 0 atom stereocenters. The van der Waals surface area contributed by atoms with Gasteiger partial charge in [-0.2, -0.15) is 0 Å². The van der Waals surface area contributed by atoms with Crippen molar-refractivity contribution in [3.8, 4) is 22.7 Å². The van der Waals surface area contributed by atoms with Crippen LogP contribution < -0.4 is 0 Å². The second-order valence-electron chi connectivity index (χ2n) is 33.0. The molecule has 0 spiro atoms. The Balaban J connectivity index is 0.0000000906. The van der Waals surface area contributed by atoms with Gasteiger partial charge < -0.3 is 18.3 Å². The molecule has 584 valence electrons. The molecule has 20 aromatic carbocycles. The lowest BCUT2D eigenvalue weighted by molar-refractivity contribution is 1.18. The molecule has 8 heterocycles. The maximum absolute atomic E-state index is 2.46.